The third-order valence-corrected chi connectivity index (χ3v) is 1.99. The van der Waals surface area contributed by atoms with E-state index in [0.29, 0.717) is 19.6 Å². The number of nitrogens with one attached hydrogen (secondary N) is 1. The Labute approximate surface area is 98.3 Å². The van der Waals surface area contributed by atoms with Crippen molar-refractivity contribution in [2.75, 3.05) is 20.3 Å². The second-order valence-corrected chi connectivity index (χ2v) is 4.09. The number of rotatable bonds is 7. The van der Waals surface area contributed by atoms with Gasteiger partial charge >= 0.3 is 0 Å². The predicted molar refractivity (Wildman–Crippen MR) is 64.3 cm³/mol. The Balaban J connectivity index is 0. The van der Waals surface area contributed by atoms with Gasteiger partial charge in [-0.3, -0.25) is 4.79 Å². The van der Waals surface area contributed by atoms with Gasteiger partial charge in [-0.25, -0.2) is 0 Å². The molecule has 0 rings (SSSR count). The molecule has 0 aromatic rings. The normalized spacial score (nSPS) is 10.7. The Kier molecular flexibility index (Phi) is 10.2. The molecule has 92 valence electrons. The minimum atomic E-state index is -0.293. The molecule has 0 saturated heterocycles. The van der Waals surface area contributed by atoms with Crippen molar-refractivity contribution in [3.63, 3.8) is 0 Å². The van der Waals surface area contributed by atoms with Crippen LogP contribution in [0.3, 0.4) is 0 Å². The molecule has 0 aliphatic rings. The molecule has 0 aliphatic heterocycles. The van der Waals surface area contributed by atoms with E-state index < -0.39 is 0 Å². The zero-order valence-electron chi connectivity index (χ0n) is 9.84. The number of amides is 1. The summed E-state index contributed by atoms with van der Waals surface area (Å²) in [5.41, 5.74) is 5.20. The van der Waals surface area contributed by atoms with Gasteiger partial charge in [-0.2, -0.15) is 0 Å². The molecule has 5 heteroatoms. The van der Waals surface area contributed by atoms with Gasteiger partial charge in [-0.05, 0) is 26.7 Å². The maximum atomic E-state index is 11.4. The molecule has 0 aliphatic carbocycles. The summed E-state index contributed by atoms with van der Waals surface area (Å²) in [6, 6.07) is 0. The molecule has 0 atom stereocenters. The van der Waals surface area contributed by atoms with Gasteiger partial charge in [-0.15, -0.1) is 12.4 Å². The van der Waals surface area contributed by atoms with Gasteiger partial charge in [0.2, 0.25) is 5.91 Å². The first-order chi connectivity index (χ1) is 6.52. The fraction of sp³-hybridized carbons (Fsp3) is 0.900. The zero-order chi connectivity index (χ0) is 11.0. The molecule has 0 bridgehead atoms. The van der Waals surface area contributed by atoms with Crippen LogP contribution in [0.4, 0.5) is 0 Å². The van der Waals surface area contributed by atoms with Crippen molar-refractivity contribution in [1.82, 2.24) is 5.32 Å². The largest absolute Gasteiger partial charge is 0.385 e. The second kappa shape index (κ2) is 8.95. The van der Waals surface area contributed by atoms with Crippen molar-refractivity contribution in [2.24, 2.45) is 5.73 Å². The summed E-state index contributed by atoms with van der Waals surface area (Å²) >= 11 is 0. The summed E-state index contributed by atoms with van der Waals surface area (Å²) in [6.07, 6.45) is 2.33. The summed E-state index contributed by atoms with van der Waals surface area (Å²) in [4.78, 5) is 11.4. The molecule has 0 unspecified atom stereocenters. The summed E-state index contributed by atoms with van der Waals surface area (Å²) in [5.74, 6) is 0.0663. The lowest BCUT2D eigenvalue weighted by Crippen LogP contribution is -2.48. The third-order valence-electron chi connectivity index (χ3n) is 1.99. The van der Waals surface area contributed by atoms with Gasteiger partial charge in [0.25, 0.3) is 0 Å². The van der Waals surface area contributed by atoms with Crippen LogP contribution in [0.1, 0.15) is 33.1 Å². The summed E-state index contributed by atoms with van der Waals surface area (Å²) < 4.78 is 4.89. The maximum Gasteiger partial charge on any atom is 0.220 e. The molecule has 4 nitrogen and oxygen atoms in total. The fourth-order valence-electron chi connectivity index (χ4n) is 1.02. The number of hydrogen-bond donors (Lipinski definition) is 2. The van der Waals surface area contributed by atoms with E-state index in [1.165, 1.54) is 0 Å². The molecular formula is C10H23ClN2O2. The van der Waals surface area contributed by atoms with Crippen molar-refractivity contribution in [3.05, 3.63) is 0 Å². The molecule has 0 spiro atoms. The van der Waals surface area contributed by atoms with Crippen LogP contribution in [-0.2, 0) is 9.53 Å². The van der Waals surface area contributed by atoms with Crippen LogP contribution in [0.2, 0.25) is 0 Å². The lowest BCUT2D eigenvalue weighted by atomic mass is 10.1. The maximum absolute atomic E-state index is 11.4. The average molecular weight is 239 g/mol. The van der Waals surface area contributed by atoms with Crippen molar-refractivity contribution in [2.45, 2.75) is 38.6 Å². The van der Waals surface area contributed by atoms with Gasteiger partial charge in [0.05, 0.1) is 0 Å². The van der Waals surface area contributed by atoms with E-state index in [2.05, 4.69) is 5.32 Å². The molecule has 0 aromatic carbocycles. The molecule has 3 N–H and O–H groups in total. The Morgan fingerprint density at radius 3 is 2.47 bits per heavy atom. The second-order valence-electron chi connectivity index (χ2n) is 4.09. The van der Waals surface area contributed by atoms with Crippen LogP contribution in [0, 0.1) is 0 Å². The monoisotopic (exact) mass is 238 g/mol. The quantitative estimate of drug-likeness (QED) is 0.653. The van der Waals surface area contributed by atoms with E-state index in [-0.39, 0.29) is 23.9 Å². The number of unbranched alkanes of at least 4 members (excludes halogenated alkanes) is 1. The SMILES string of the molecule is COCCCCC(=O)NC(C)(C)CN.Cl. The minimum Gasteiger partial charge on any atom is -0.385 e. The third kappa shape index (κ3) is 9.97. The minimum absolute atomic E-state index is 0. The van der Waals surface area contributed by atoms with E-state index in [1.54, 1.807) is 7.11 Å². The fourth-order valence-corrected chi connectivity index (χ4v) is 1.02. The number of carbonyl (C=O) groups is 1. The molecular weight excluding hydrogens is 216 g/mol. The van der Waals surface area contributed by atoms with Gasteiger partial charge in [-0.1, -0.05) is 0 Å². The number of nitrogens with two attached hydrogens (primary N) is 1. The van der Waals surface area contributed by atoms with Crippen LogP contribution in [0.25, 0.3) is 0 Å². The first-order valence-electron chi connectivity index (χ1n) is 5.02. The molecule has 15 heavy (non-hydrogen) atoms. The van der Waals surface area contributed by atoms with E-state index in [1.807, 2.05) is 13.8 Å². The summed E-state index contributed by atoms with van der Waals surface area (Å²) in [6.45, 7) is 5.00. The lowest BCUT2D eigenvalue weighted by molar-refractivity contribution is -0.122. The standard InChI is InChI=1S/C10H22N2O2.ClH/c1-10(2,8-11)12-9(13)6-4-5-7-14-3;/h4-8,11H2,1-3H3,(H,12,13);1H. The Morgan fingerprint density at radius 2 is 2.00 bits per heavy atom. The number of hydrogen-bond acceptors (Lipinski definition) is 3. The molecule has 1 amide bonds. The predicted octanol–water partition coefficient (Wildman–Crippen LogP) is 1.08. The van der Waals surface area contributed by atoms with Gasteiger partial charge in [0, 0.05) is 32.2 Å². The van der Waals surface area contributed by atoms with E-state index in [9.17, 15) is 4.79 Å². The van der Waals surface area contributed by atoms with Gasteiger partial charge in [0.1, 0.15) is 0 Å². The van der Waals surface area contributed by atoms with Crippen molar-refractivity contribution in [3.8, 4) is 0 Å². The van der Waals surface area contributed by atoms with Crippen molar-refractivity contribution in [1.29, 1.82) is 0 Å². The number of halogens is 1. The highest BCUT2D eigenvalue weighted by molar-refractivity contribution is 5.85. The van der Waals surface area contributed by atoms with Crippen LogP contribution in [-0.4, -0.2) is 31.7 Å². The molecule has 0 heterocycles. The molecule has 0 fully saturated rings. The highest BCUT2D eigenvalue weighted by Gasteiger charge is 2.17. The first-order valence-corrected chi connectivity index (χ1v) is 5.02. The van der Waals surface area contributed by atoms with E-state index in [0.717, 1.165) is 12.8 Å². The van der Waals surface area contributed by atoms with Crippen LogP contribution in [0.5, 0.6) is 0 Å². The van der Waals surface area contributed by atoms with E-state index >= 15 is 0 Å². The lowest BCUT2D eigenvalue weighted by Gasteiger charge is -2.24. The van der Waals surface area contributed by atoms with Gasteiger partial charge < -0.3 is 15.8 Å². The number of methoxy groups -OCH3 is 1. The number of ether oxygens (including phenoxy) is 1. The molecule has 0 aromatic heterocycles. The highest BCUT2D eigenvalue weighted by Crippen LogP contribution is 2.01. The van der Waals surface area contributed by atoms with Crippen molar-refractivity contribution < 1.29 is 9.53 Å². The smallest absolute Gasteiger partial charge is 0.220 e. The number of carbonyl (C=O) groups excluding carboxylic acids is 1. The van der Waals surface area contributed by atoms with Crippen LogP contribution >= 0.6 is 12.4 Å². The Bertz CT molecular complexity index is 175. The van der Waals surface area contributed by atoms with Crippen molar-refractivity contribution >= 4 is 18.3 Å². The van der Waals surface area contributed by atoms with E-state index in [4.69, 9.17) is 10.5 Å². The zero-order valence-corrected chi connectivity index (χ0v) is 10.7. The van der Waals surface area contributed by atoms with Crippen LogP contribution < -0.4 is 11.1 Å². The molecule has 0 radical (unpaired) electrons. The van der Waals surface area contributed by atoms with Crippen LogP contribution in [0.15, 0.2) is 0 Å². The highest BCUT2D eigenvalue weighted by atomic mass is 35.5. The average Bonchev–Trinajstić information content (AvgIpc) is 2.12. The topological polar surface area (TPSA) is 64.3 Å². The Hall–Kier alpha value is -0.320. The molecule has 0 saturated carbocycles. The Morgan fingerprint density at radius 1 is 1.40 bits per heavy atom. The summed E-state index contributed by atoms with van der Waals surface area (Å²) in [5, 5.41) is 2.88. The first kappa shape index (κ1) is 17.1. The summed E-state index contributed by atoms with van der Waals surface area (Å²) in [7, 11) is 1.66. The van der Waals surface area contributed by atoms with Gasteiger partial charge in [0.15, 0.2) is 0 Å².